The average Bonchev–Trinajstić information content (AvgIpc) is 2.87. The van der Waals surface area contributed by atoms with E-state index in [1.54, 1.807) is 7.11 Å². The van der Waals surface area contributed by atoms with Gasteiger partial charge in [-0.2, -0.15) is 5.26 Å². The van der Waals surface area contributed by atoms with Crippen LogP contribution in [0.25, 0.3) is 16.9 Å². The van der Waals surface area contributed by atoms with Crippen molar-refractivity contribution in [3.8, 4) is 23.1 Å². The van der Waals surface area contributed by atoms with Gasteiger partial charge in [-0.25, -0.2) is 4.98 Å². The largest absolute Gasteiger partial charge is 0.497 e. The van der Waals surface area contributed by atoms with Crippen LogP contribution in [0.4, 0.5) is 0 Å². The first-order valence-electron chi connectivity index (χ1n) is 6.82. The molecule has 0 saturated heterocycles. The minimum atomic E-state index is 0.295. The minimum absolute atomic E-state index is 0.295. The Morgan fingerprint density at radius 2 is 2.18 bits per heavy atom. The summed E-state index contributed by atoms with van der Waals surface area (Å²) in [6.45, 7) is 2.02. The van der Waals surface area contributed by atoms with Gasteiger partial charge in [0.2, 0.25) is 0 Å². The number of hydrogen-bond acceptors (Lipinski definition) is 3. The van der Waals surface area contributed by atoms with Crippen LogP contribution < -0.4 is 4.74 Å². The lowest BCUT2D eigenvalue weighted by Gasteiger charge is -2.04. The molecule has 3 rings (SSSR count). The zero-order valence-electron chi connectivity index (χ0n) is 12.3. The number of fused-ring (bicyclic) bond motifs is 1. The lowest BCUT2D eigenvalue weighted by molar-refractivity contribution is 0.415. The van der Waals surface area contributed by atoms with Crippen molar-refractivity contribution in [2.45, 2.75) is 13.3 Å². The van der Waals surface area contributed by atoms with Gasteiger partial charge in [-0.05, 0) is 46.6 Å². The van der Waals surface area contributed by atoms with Crippen LogP contribution >= 0.6 is 15.9 Å². The third kappa shape index (κ3) is 2.46. The smallest absolute Gasteiger partial charge is 0.152 e. The van der Waals surface area contributed by atoms with Gasteiger partial charge in [-0.3, -0.25) is 0 Å². The van der Waals surface area contributed by atoms with E-state index in [0.717, 1.165) is 38.4 Å². The summed E-state index contributed by atoms with van der Waals surface area (Å²) in [5, 5.41) is 9.18. The minimum Gasteiger partial charge on any atom is -0.497 e. The standard InChI is InChI=1S/C17H14BrN3O/c1-11-8-14(18)17-20-16(15(6-7-19)21(17)10-11)12-4-3-5-13(9-12)22-2/h3-5,8-10H,6H2,1-2H3. The Bertz CT molecular complexity index is 893. The van der Waals surface area contributed by atoms with Gasteiger partial charge in [-0.1, -0.05) is 12.1 Å². The Labute approximate surface area is 137 Å². The first-order valence-corrected chi connectivity index (χ1v) is 7.62. The van der Waals surface area contributed by atoms with E-state index < -0.39 is 0 Å². The third-order valence-corrected chi connectivity index (χ3v) is 4.08. The molecule has 2 aromatic heterocycles. The van der Waals surface area contributed by atoms with Crippen LogP contribution in [0.2, 0.25) is 0 Å². The number of nitrogens with zero attached hydrogens (tertiary/aromatic N) is 3. The van der Waals surface area contributed by atoms with E-state index in [0.29, 0.717) is 6.42 Å². The molecule has 0 bridgehead atoms. The zero-order chi connectivity index (χ0) is 15.7. The van der Waals surface area contributed by atoms with Crippen molar-refractivity contribution in [3.63, 3.8) is 0 Å². The van der Waals surface area contributed by atoms with Gasteiger partial charge in [0.15, 0.2) is 5.65 Å². The van der Waals surface area contributed by atoms with Gasteiger partial charge >= 0.3 is 0 Å². The molecular formula is C17H14BrN3O. The monoisotopic (exact) mass is 355 g/mol. The average molecular weight is 356 g/mol. The van der Waals surface area contributed by atoms with Gasteiger partial charge < -0.3 is 9.14 Å². The molecule has 3 aromatic rings. The van der Waals surface area contributed by atoms with Gasteiger partial charge in [0.1, 0.15) is 5.75 Å². The second-order valence-electron chi connectivity index (χ2n) is 5.03. The van der Waals surface area contributed by atoms with E-state index in [2.05, 4.69) is 22.0 Å². The highest BCUT2D eigenvalue weighted by molar-refractivity contribution is 9.10. The highest BCUT2D eigenvalue weighted by atomic mass is 79.9. The molecule has 0 aliphatic carbocycles. The molecule has 0 fully saturated rings. The van der Waals surface area contributed by atoms with E-state index in [-0.39, 0.29) is 0 Å². The van der Waals surface area contributed by atoms with Gasteiger partial charge in [0.25, 0.3) is 0 Å². The molecule has 0 aliphatic heterocycles. The summed E-state index contributed by atoms with van der Waals surface area (Å²) >= 11 is 3.56. The van der Waals surface area contributed by atoms with Crippen molar-refractivity contribution in [3.05, 3.63) is 52.3 Å². The Kier molecular flexibility index (Phi) is 3.86. The molecule has 110 valence electrons. The molecule has 0 atom stereocenters. The van der Waals surface area contributed by atoms with Crippen LogP contribution in [-0.4, -0.2) is 16.5 Å². The maximum atomic E-state index is 9.18. The van der Waals surface area contributed by atoms with Gasteiger partial charge in [-0.15, -0.1) is 0 Å². The van der Waals surface area contributed by atoms with E-state index in [1.807, 2.05) is 47.9 Å². The normalized spacial score (nSPS) is 10.6. The number of hydrogen-bond donors (Lipinski definition) is 0. The Balaban J connectivity index is 2.31. The lowest BCUT2D eigenvalue weighted by atomic mass is 10.1. The van der Waals surface area contributed by atoms with Crippen LogP contribution in [-0.2, 0) is 6.42 Å². The number of ether oxygens (including phenoxy) is 1. The van der Waals surface area contributed by atoms with Crippen LogP contribution in [0.1, 0.15) is 11.3 Å². The van der Waals surface area contributed by atoms with Crippen molar-refractivity contribution < 1.29 is 4.74 Å². The second-order valence-corrected chi connectivity index (χ2v) is 5.89. The Morgan fingerprint density at radius 3 is 2.91 bits per heavy atom. The highest BCUT2D eigenvalue weighted by Gasteiger charge is 2.16. The zero-order valence-corrected chi connectivity index (χ0v) is 13.9. The fourth-order valence-corrected chi connectivity index (χ4v) is 3.17. The molecular weight excluding hydrogens is 342 g/mol. The molecule has 1 aromatic carbocycles. The van der Waals surface area contributed by atoms with Crippen LogP contribution in [0.15, 0.2) is 41.0 Å². The summed E-state index contributed by atoms with van der Waals surface area (Å²) in [6, 6.07) is 12.0. The first kappa shape index (κ1) is 14.6. The first-order chi connectivity index (χ1) is 10.6. The van der Waals surface area contributed by atoms with Crippen molar-refractivity contribution in [2.24, 2.45) is 0 Å². The molecule has 0 aliphatic rings. The van der Waals surface area contributed by atoms with Crippen LogP contribution in [0.3, 0.4) is 0 Å². The molecule has 0 unspecified atom stereocenters. The van der Waals surface area contributed by atoms with Gasteiger partial charge in [0.05, 0.1) is 35.5 Å². The summed E-state index contributed by atoms with van der Waals surface area (Å²) in [6.07, 6.45) is 2.30. The molecule has 0 N–H and O–H groups in total. The maximum absolute atomic E-state index is 9.18. The molecule has 4 nitrogen and oxygen atoms in total. The molecule has 5 heteroatoms. The van der Waals surface area contributed by atoms with E-state index in [9.17, 15) is 5.26 Å². The molecule has 0 spiro atoms. The fourth-order valence-electron chi connectivity index (χ4n) is 2.52. The van der Waals surface area contributed by atoms with Gasteiger partial charge in [0, 0.05) is 11.8 Å². The lowest BCUT2D eigenvalue weighted by Crippen LogP contribution is -1.95. The number of methoxy groups -OCH3 is 1. The second kappa shape index (κ2) is 5.82. The SMILES string of the molecule is COc1cccc(-c2nc3c(Br)cc(C)cn3c2CC#N)c1. The number of halogens is 1. The predicted molar refractivity (Wildman–Crippen MR) is 88.9 cm³/mol. The summed E-state index contributed by atoms with van der Waals surface area (Å²) < 4.78 is 8.19. The number of imidazole rings is 1. The topological polar surface area (TPSA) is 50.3 Å². The molecule has 22 heavy (non-hydrogen) atoms. The maximum Gasteiger partial charge on any atom is 0.152 e. The summed E-state index contributed by atoms with van der Waals surface area (Å²) in [4.78, 5) is 4.73. The molecule has 0 radical (unpaired) electrons. The number of benzene rings is 1. The Morgan fingerprint density at radius 1 is 1.36 bits per heavy atom. The van der Waals surface area contributed by atoms with Crippen molar-refractivity contribution >= 4 is 21.6 Å². The number of nitriles is 1. The Hall–Kier alpha value is -2.32. The van der Waals surface area contributed by atoms with E-state index in [1.165, 1.54) is 0 Å². The van der Waals surface area contributed by atoms with Crippen molar-refractivity contribution in [2.75, 3.05) is 7.11 Å². The summed E-state index contributed by atoms with van der Waals surface area (Å²) in [7, 11) is 1.64. The highest BCUT2D eigenvalue weighted by Crippen LogP contribution is 2.30. The summed E-state index contributed by atoms with van der Waals surface area (Å²) in [5.41, 5.74) is 4.56. The quantitative estimate of drug-likeness (QED) is 0.709. The predicted octanol–water partition coefficient (Wildman–Crippen LogP) is 4.15. The third-order valence-electron chi connectivity index (χ3n) is 3.50. The van der Waals surface area contributed by atoms with Crippen LogP contribution in [0, 0.1) is 18.3 Å². The van der Waals surface area contributed by atoms with Crippen molar-refractivity contribution in [1.82, 2.24) is 9.38 Å². The van der Waals surface area contributed by atoms with E-state index in [4.69, 9.17) is 9.72 Å². The number of pyridine rings is 1. The van der Waals surface area contributed by atoms with E-state index >= 15 is 0 Å². The number of aryl methyl sites for hydroxylation is 1. The molecule has 0 saturated carbocycles. The molecule has 2 heterocycles. The number of aromatic nitrogens is 2. The summed E-state index contributed by atoms with van der Waals surface area (Å²) in [5.74, 6) is 0.771. The fraction of sp³-hybridized carbons (Fsp3) is 0.176. The van der Waals surface area contributed by atoms with Crippen molar-refractivity contribution in [1.29, 1.82) is 5.26 Å². The van der Waals surface area contributed by atoms with Crippen LogP contribution in [0.5, 0.6) is 5.75 Å². The molecule has 0 amide bonds. The number of rotatable bonds is 3.